The van der Waals surface area contributed by atoms with Gasteiger partial charge in [-0.3, -0.25) is 9.88 Å². The number of pyridine rings is 1. The summed E-state index contributed by atoms with van der Waals surface area (Å²) in [6.45, 7) is 1.83. The van der Waals surface area contributed by atoms with Crippen molar-refractivity contribution in [3.63, 3.8) is 0 Å². The molecule has 2 aromatic heterocycles. The van der Waals surface area contributed by atoms with Crippen LogP contribution in [-0.4, -0.2) is 26.6 Å². The fourth-order valence-corrected chi connectivity index (χ4v) is 3.59. The van der Waals surface area contributed by atoms with Crippen molar-refractivity contribution in [1.29, 1.82) is 0 Å². The largest absolute Gasteiger partial charge is 0.423 e. The molecule has 0 N–H and O–H groups in total. The van der Waals surface area contributed by atoms with Crippen LogP contribution in [0.1, 0.15) is 67.8 Å². The summed E-state index contributed by atoms with van der Waals surface area (Å²) in [6, 6.07) is 2.19. The standard InChI is InChI=1S/C17H21ClN4O/c18-14-10-19-8-7-13(14)11-22-9-2-1-6-15(22)17-21-20-16(23-17)12-4-3-5-12/h7-8,10,12,15H,1-6,9,11H2/t15-/m1/s1. The Labute approximate surface area is 141 Å². The second-order valence-corrected chi connectivity index (χ2v) is 6.96. The molecule has 3 heterocycles. The maximum atomic E-state index is 6.27. The van der Waals surface area contributed by atoms with Gasteiger partial charge in [0.05, 0.1) is 11.1 Å². The summed E-state index contributed by atoms with van der Waals surface area (Å²) in [7, 11) is 0. The van der Waals surface area contributed by atoms with Crippen molar-refractivity contribution in [2.24, 2.45) is 0 Å². The SMILES string of the molecule is Clc1cnccc1CN1CCCC[C@@H]1c1nnc(C2CCC2)o1. The van der Waals surface area contributed by atoms with Gasteiger partial charge in [0.2, 0.25) is 11.8 Å². The Hall–Kier alpha value is -1.46. The van der Waals surface area contributed by atoms with Crippen LogP contribution in [0.4, 0.5) is 0 Å². The molecule has 1 atom stereocenters. The van der Waals surface area contributed by atoms with E-state index in [4.69, 9.17) is 16.0 Å². The first-order valence-corrected chi connectivity index (χ1v) is 8.85. The Morgan fingerprint density at radius 2 is 2.00 bits per heavy atom. The lowest BCUT2D eigenvalue weighted by atomic mass is 9.85. The van der Waals surface area contributed by atoms with E-state index < -0.39 is 0 Å². The van der Waals surface area contributed by atoms with Gasteiger partial charge in [0.15, 0.2) is 0 Å². The highest BCUT2D eigenvalue weighted by molar-refractivity contribution is 6.31. The first kappa shape index (κ1) is 15.1. The average Bonchev–Trinajstić information content (AvgIpc) is 2.97. The van der Waals surface area contributed by atoms with E-state index >= 15 is 0 Å². The van der Waals surface area contributed by atoms with Crippen molar-refractivity contribution >= 4 is 11.6 Å². The van der Waals surface area contributed by atoms with E-state index in [1.165, 1.54) is 32.1 Å². The molecule has 0 unspecified atom stereocenters. The summed E-state index contributed by atoms with van der Waals surface area (Å²) < 4.78 is 6.02. The molecule has 23 heavy (non-hydrogen) atoms. The molecule has 2 aliphatic rings. The van der Waals surface area contributed by atoms with Crippen LogP contribution < -0.4 is 0 Å². The van der Waals surface area contributed by atoms with E-state index in [-0.39, 0.29) is 6.04 Å². The highest BCUT2D eigenvalue weighted by Crippen LogP contribution is 2.38. The Kier molecular flexibility index (Phi) is 4.31. The van der Waals surface area contributed by atoms with Crippen molar-refractivity contribution in [3.05, 3.63) is 40.8 Å². The fourth-order valence-electron chi connectivity index (χ4n) is 3.41. The summed E-state index contributed by atoms with van der Waals surface area (Å²) in [6.07, 6.45) is 10.6. The lowest BCUT2D eigenvalue weighted by Crippen LogP contribution is -2.33. The van der Waals surface area contributed by atoms with Crippen LogP contribution in [0.2, 0.25) is 5.02 Å². The third-order valence-corrected chi connectivity index (χ3v) is 5.38. The van der Waals surface area contributed by atoms with Gasteiger partial charge in [0.1, 0.15) is 0 Å². The quantitative estimate of drug-likeness (QED) is 0.843. The predicted molar refractivity (Wildman–Crippen MR) is 87.1 cm³/mol. The van der Waals surface area contributed by atoms with Gasteiger partial charge in [0.25, 0.3) is 0 Å². The van der Waals surface area contributed by atoms with E-state index in [0.29, 0.717) is 5.92 Å². The minimum Gasteiger partial charge on any atom is -0.423 e. The number of nitrogens with zero attached hydrogens (tertiary/aromatic N) is 4. The molecule has 0 amide bonds. The van der Waals surface area contributed by atoms with Crippen LogP contribution in [0, 0.1) is 0 Å². The normalized spacial score (nSPS) is 22.9. The molecule has 2 aromatic rings. The van der Waals surface area contributed by atoms with E-state index in [0.717, 1.165) is 41.9 Å². The monoisotopic (exact) mass is 332 g/mol. The van der Waals surface area contributed by atoms with Gasteiger partial charge in [0, 0.05) is 24.9 Å². The number of halogens is 1. The molecule has 1 saturated carbocycles. The third kappa shape index (κ3) is 3.12. The Morgan fingerprint density at radius 3 is 2.78 bits per heavy atom. The number of rotatable bonds is 4. The van der Waals surface area contributed by atoms with Crippen LogP contribution in [0.25, 0.3) is 0 Å². The zero-order chi connectivity index (χ0) is 15.6. The molecule has 6 heteroatoms. The molecule has 122 valence electrons. The first-order valence-electron chi connectivity index (χ1n) is 8.47. The second-order valence-electron chi connectivity index (χ2n) is 6.56. The zero-order valence-corrected chi connectivity index (χ0v) is 13.9. The van der Waals surface area contributed by atoms with Gasteiger partial charge < -0.3 is 4.42 Å². The van der Waals surface area contributed by atoms with E-state index in [2.05, 4.69) is 20.1 Å². The summed E-state index contributed by atoms with van der Waals surface area (Å²) in [5, 5.41) is 9.37. The van der Waals surface area contributed by atoms with Gasteiger partial charge in [-0.25, -0.2) is 0 Å². The van der Waals surface area contributed by atoms with Crippen LogP contribution >= 0.6 is 11.6 Å². The molecule has 0 spiro atoms. The van der Waals surface area contributed by atoms with Crippen LogP contribution in [0.3, 0.4) is 0 Å². The highest BCUT2D eigenvalue weighted by Gasteiger charge is 2.31. The topological polar surface area (TPSA) is 55.1 Å². The van der Waals surface area contributed by atoms with E-state index in [9.17, 15) is 0 Å². The molecule has 0 bridgehead atoms. The molecule has 2 fully saturated rings. The second kappa shape index (κ2) is 6.57. The zero-order valence-electron chi connectivity index (χ0n) is 13.1. The Morgan fingerprint density at radius 1 is 1.13 bits per heavy atom. The van der Waals surface area contributed by atoms with Gasteiger partial charge in [-0.1, -0.05) is 24.4 Å². The lowest BCUT2D eigenvalue weighted by molar-refractivity contribution is 0.115. The molecule has 1 saturated heterocycles. The van der Waals surface area contributed by atoms with Gasteiger partial charge in [-0.15, -0.1) is 10.2 Å². The molecular weight excluding hydrogens is 312 g/mol. The van der Waals surface area contributed by atoms with Crippen molar-refractivity contribution in [1.82, 2.24) is 20.1 Å². The first-order chi connectivity index (χ1) is 11.3. The third-order valence-electron chi connectivity index (χ3n) is 5.04. The van der Waals surface area contributed by atoms with Crippen molar-refractivity contribution in [2.45, 2.75) is 57.0 Å². The molecule has 0 radical (unpaired) electrons. The molecule has 1 aliphatic carbocycles. The van der Waals surface area contributed by atoms with Crippen LogP contribution in [0.15, 0.2) is 22.9 Å². The summed E-state index contributed by atoms with van der Waals surface area (Å²) in [4.78, 5) is 6.47. The number of likely N-dealkylation sites (tertiary alicyclic amines) is 1. The summed E-state index contributed by atoms with van der Waals surface area (Å²) in [5.74, 6) is 2.10. The van der Waals surface area contributed by atoms with E-state index in [1.807, 2.05) is 6.07 Å². The van der Waals surface area contributed by atoms with Gasteiger partial charge >= 0.3 is 0 Å². The number of hydrogen-bond donors (Lipinski definition) is 0. The Balaban J connectivity index is 1.53. The molecule has 1 aliphatic heterocycles. The fraction of sp³-hybridized carbons (Fsp3) is 0.588. The highest BCUT2D eigenvalue weighted by atomic mass is 35.5. The maximum Gasteiger partial charge on any atom is 0.233 e. The maximum absolute atomic E-state index is 6.27. The smallest absolute Gasteiger partial charge is 0.233 e. The van der Waals surface area contributed by atoms with Crippen LogP contribution in [-0.2, 0) is 6.54 Å². The summed E-state index contributed by atoms with van der Waals surface area (Å²) in [5.41, 5.74) is 1.10. The number of hydrogen-bond acceptors (Lipinski definition) is 5. The predicted octanol–water partition coefficient (Wildman–Crippen LogP) is 4.11. The summed E-state index contributed by atoms with van der Waals surface area (Å²) >= 11 is 6.27. The van der Waals surface area contributed by atoms with Gasteiger partial charge in [-0.2, -0.15) is 0 Å². The molecule has 4 rings (SSSR count). The molecule has 0 aromatic carbocycles. The molecule has 5 nitrogen and oxygen atoms in total. The van der Waals surface area contributed by atoms with Crippen molar-refractivity contribution in [3.8, 4) is 0 Å². The molecular formula is C17H21ClN4O. The Bertz CT molecular complexity index is 670. The minimum absolute atomic E-state index is 0.203. The van der Waals surface area contributed by atoms with Gasteiger partial charge in [-0.05, 0) is 43.9 Å². The number of aromatic nitrogens is 3. The average molecular weight is 333 g/mol. The van der Waals surface area contributed by atoms with Crippen molar-refractivity contribution < 1.29 is 4.42 Å². The minimum atomic E-state index is 0.203. The van der Waals surface area contributed by atoms with Crippen molar-refractivity contribution in [2.75, 3.05) is 6.54 Å². The number of piperidine rings is 1. The van der Waals surface area contributed by atoms with Crippen LogP contribution in [0.5, 0.6) is 0 Å². The lowest BCUT2D eigenvalue weighted by Gasteiger charge is -2.33. The van der Waals surface area contributed by atoms with E-state index in [1.54, 1.807) is 12.4 Å².